The van der Waals surface area contributed by atoms with Crippen LogP contribution in [-0.4, -0.2) is 0 Å². The lowest BCUT2D eigenvalue weighted by molar-refractivity contribution is 0.372. The van der Waals surface area contributed by atoms with Gasteiger partial charge in [0.25, 0.3) is 0 Å². The molecule has 3 rings (SSSR count). The normalized spacial score (nSPS) is 17.9. The highest BCUT2D eigenvalue weighted by Crippen LogP contribution is 2.37. The summed E-state index contributed by atoms with van der Waals surface area (Å²) < 4.78 is 0. The van der Waals surface area contributed by atoms with Gasteiger partial charge in [-0.1, -0.05) is 30.5 Å². The molecule has 0 aliphatic heterocycles. The molecular weight excluding hydrogens is 294 g/mol. The van der Waals surface area contributed by atoms with E-state index in [0.717, 1.165) is 17.5 Å². The van der Waals surface area contributed by atoms with Crippen molar-refractivity contribution in [2.75, 3.05) is 0 Å². The summed E-state index contributed by atoms with van der Waals surface area (Å²) in [6.07, 6.45) is 5.50. The Bertz CT molecular complexity index is 500. The van der Waals surface area contributed by atoms with E-state index in [4.69, 9.17) is 11.6 Å². The van der Waals surface area contributed by atoms with Crippen LogP contribution in [0, 0.1) is 5.92 Å². The summed E-state index contributed by atoms with van der Waals surface area (Å²) in [4.78, 5) is 2.80. The highest BCUT2D eigenvalue weighted by Gasteiger charge is 2.26. The van der Waals surface area contributed by atoms with E-state index >= 15 is 0 Å². The van der Waals surface area contributed by atoms with Crippen LogP contribution >= 0.6 is 34.3 Å². The van der Waals surface area contributed by atoms with Gasteiger partial charge in [-0.2, -0.15) is 0 Å². The number of halogens is 1. The third kappa shape index (κ3) is 3.40. The molecule has 19 heavy (non-hydrogen) atoms. The molecule has 2 heterocycles. The summed E-state index contributed by atoms with van der Waals surface area (Å²) in [6.45, 7) is 0.927. The molecule has 1 fully saturated rings. The lowest BCUT2D eigenvalue weighted by Crippen LogP contribution is -2.25. The number of rotatable bonds is 5. The van der Waals surface area contributed by atoms with E-state index in [0.29, 0.717) is 6.04 Å². The first-order chi connectivity index (χ1) is 9.33. The maximum atomic E-state index is 5.99. The van der Waals surface area contributed by atoms with E-state index < -0.39 is 0 Å². The first kappa shape index (κ1) is 13.6. The van der Waals surface area contributed by atoms with Crippen molar-refractivity contribution < 1.29 is 0 Å². The average Bonchev–Trinajstić information content (AvgIpc) is 3.11. The van der Waals surface area contributed by atoms with Crippen LogP contribution in [0.1, 0.15) is 41.5 Å². The lowest BCUT2D eigenvalue weighted by Gasteiger charge is -2.23. The maximum Gasteiger partial charge on any atom is 0.0516 e. The number of thiophene rings is 2. The number of hydrogen-bond acceptors (Lipinski definition) is 3. The van der Waals surface area contributed by atoms with Crippen molar-refractivity contribution in [3.63, 3.8) is 0 Å². The second kappa shape index (κ2) is 6.40. The molecule has 1 N–H and O–H groups in total. The summed E-state index contributed by atoms with van der Waals surface area (Å²) in [6, 6.07) is 7.01. The molecule has 102 valence electrons. The Balaban J connectivity index is 1.68. The van der Waals surface area contributed by atoms with Crippen molar-refractivity contribution in [3.05, 3.63) is 43.7 Å². The highest BCUT2D eigenvalue weighted by atomic mass is 35.5. The largest absolute Gasteiger partial charge is 0.304 e. The van der Waals surface area contributed by atoms with Crippen molar-refractivity contribution in [2.45, 2.75) is 38.3 Å². The van der Waals surface area contributed by atoms with Crippen LogP contribution in [0.3, 0.4) is 0 Å². The zero-order valence-corrected chi connectivity index (χ0v) is 13.2. The zero-order chi connectivity index (χ0) is 13.1. The van der Waals surface area contributed by atoms with Gasteiger partial charge in [0, 0.05) is 27.7 Å². The van der Waals surface area contributed by atoms with Gasteiger partial charge in [-0.25, -0.2) is 0 Å². The Morgan fingerprint density at radius 1 is 1.32 bits per heavy atom. The van der Waals surface area contributed by atoms with Crippen molar-refractivity contribution in [1.29, 1.82) is 0 Å². The average molecular weight is 312 g/mol. The summed E-state index contributed by atoms with van der Waals surface area (Å²) in [5.41, 5.74) is 0. The molecule has 0 bridgehead atoms. The molecule has 1 aliphatic carbocycles. The molecule has 1 aliphatic rings. The molecule has 0 spiro atoms. The van der Waals surface area contributed by atoms with Crippen molar-refractivity contribution in [2.24, 2.45) is 5.92 Å². The number of hydrogen-bond donors (Lipinski definition) is 1. The van der Waals surface area contributed by atoms with Gasteiger partial charge in [0.15, 0.2) is 0 Å². The van der Waals surface area contributed by atoms with Crippen LogP contribution in [0.15, 0.2) is 29.0 Å². The van der Waals surface area contributed by atoms with Gasteiger partial charge < -0.3 is 5.32 Å². The molecule has 1 saturated carbocycles. The van der Waals surface area contributed by atoms with E-state index in [1.807, 2.05) is 16.7 Å². The monoisotopic (exact) mass is 311 g/mol. The van der Waals surface area contributed by atoms with Crippen LogP contribution in [0.2, 0.25) is 5.02 Å². The smallest absolute Gasteiger partial charge is 0.0516 e. The fourth-order valence-corrected chi connectivity index (χ4v) is 4.83. The minimum absolute atomic E-state index is 0.517. The van der Waals surface area contributed by atoms with E-state index in [1.54, 1.807) is 11.3 Å². The third-order valence-electron chi connectivity index (χ3n) is 3.84. The van der Waals surface area contributed by atoms with Gasteiger partial charge in [0.1, 0.15) is 0 Å². The minimum Gasteiger partial charge on any atom is -0.304 e. The molecule has 1 unspecified atom stereocenters. The van der Waals surface area contributed by atoms with E-state index in [9.17, 15) is 0 Å². The molecule has 0 radical (unpaired) electrons. The first-order valence-electron chi connectivity index (χ1n) is 6.82. The predicted octanol–water partition coefficient (Wildman–Crippen LogP) is 5.48. The summed E-state index contributed by atoms with van der Waals surface area (Å²) >= 11 is 9.60. The molecule has 2 aromatic rings. The number of nitrogens with one attached hydrogen (secondary N) is 1. The molecule has 4 heteroatoms. The molecule has 0 amide bonds. The molecule has 0 aromatic carbocycles. The first-order valence-corrected chi connectivity index (χ1v) is 8.96. The molecular formula is C15H18ClNS2. The third-order valence-corrected chi connectivity index (χ3v) is 6.08. The van der Waals surface area contributed by atoms with Gasteiger partial charge in [0.2, 0.25) is 0 Å². The van der Waals surface area contributed by atoms with E-state index in [1.165, 1.54) is 35.4 Å². The Morgan fingerprint density at radius 2 is 2.16 bits per heavy atom. The van der Waals surface area contributed by atoms with Crippen molar-refractivity contribution >= 4 is 34.3 Å². The SMILES string of the molecule is Clc1csc(CNC(c2cccs2)C2CCCC2)c1. The molecule has 0 saturated heterocycles. The Labute approximate surface area is 127 Å². The maximum absolute atomic E-state index is 5.99. The Hall–Kier alpha value is -0.350. The summed E-state index contributed by atoms with van der Waals surface area (Å²) in [5.74, 6) is 0.800. The van der Waals surface area contributed by atoms with Gasteiger partial charge in [-0.3, -0.25) is 0 Å². The second-order valence-corrected chi connectivity index (χ2v) is 7.56. The molecule has 1 nitrogen and oxygen atoms in total. The minimum atomic E-state index is 0.517. The van der Waals surface area contributed by atoms with Gasteiger partial charge in [0.05, 0.1) is 5.02 Å². The highest BCUT2D eigenvalue weighted by molar-refractivity contribution is 7.10. The van der Waals surface area contributed by atoms with Gasteiger partial charge in [-0.05, 0) is 36.3 Å². The zero-order valence-electron chi connectivity index (χ0n) is 10.8. The lowest BCUT2D eigenvalue weighted by atomic mass is 9.96. The van der Waals surface area contributed by atoms with Crippen LogP contribution in [0.5, 0.6) is 0 Å². The Kier molecular flexibility index (Phi) is 4.59. The second-order valence-electron chi connectivity index (χ2n) is 5.15. The summed E-state index contributed by atoms with van der Waals surface area (Å²) in [5, 5.41) is 8.80. The fraction of sp³-hybridized carbons (Fsp3) is 0.467. The van der Waals surface area contributed by atoms with Crippen molar-refractivity contribution in [3.8, 4) is 0 Å². The molecule has 1 atom stereocenters. The van der Waals surface area contributed by atoms with E-state index in [2.05, 4.69) is 28.9 Å². The standard InChI is InChI=1S/C15H18ClNS2/c16-12-8-13(19-10-12)9-17-15(11-4-1-2-5-11)14-6-3-7-18-14/h3,6-8,10-11,15,17H,1-2,4-5,9H2. The van der Waals surface area contributed by atoms with Gasteiger partial charge >= 0.3 is 0 Å². The van der Waals surface area contributed by atoms with Gasteiger partial charge in [-0.15, -0.1) is 22.7 Å². The summed E-state index contributed by atoms with van der Waals surface area (Å²) in [7, 11) is 0. The molecule has 2 aromatic heterocycles. The van der Waals surface area contributed by atoms with Crippen LogP contribution < -0.4 is 5.32 Å². The van der Waals surface area contributed by atoms with Crippen LogP contribution in [0.25, 0.3) is 0 Å². The van der Waals surface area contributed by atoms with Crippen LogP contribution in [-0.2, 0) is 6.54 Å². The Morgan fingerprint density at radius 3 is 2.79 bits per heavy atom. The van der Waals surface area contributed by atoms with Crippen LogP contribution in [0.4, 0.5) is 0 Å². The predicted molar refractivity (Wildman–Crippen MR) is 85.2 cm³/mol. The fourth-order valence-electron chi connectivity index (χ4n) is 2.92. The van der Waals surface area contributed by atoms with E-state index in [-0.39, 0.29) is 0 Å². The van der Waals surface area contributed by atoms with Crippen molar-refractivity contribution in [1.82, 2.24) is 5.32 Å². The topological polar surface area (TPSA) is 12.0 Å². The quantitative estimate of drug-likeness (QED) is 0.770.